The van der Waals surface area contributed by atoms with Gasteiger partial charge in [-0.15, -0.1) is 0 Å². The lowest BCUT2D eigenvalue weighted by Crippen LogP contribution is -2.36. The fraction of sp³-hybridized carbons (Fsp3) is 0.368. The number of nitrogens with zero attached hydrogens (tertiary/aromatic N) is 4. The van der Waals surface area contributed by atoms with Crippen LogP contribution in [0.2, 0.25) is 0 Å². The van der Waals surface area contributed by atoms with E-state index in [-0.39, 0.29) is 0 Å². The van der Waals surface area contributed by atoms with Gasteiger partial charge in [-0.1, -0.05) is 6.07 Å². The fourth-order valence-corrected chi connectivity index (χ4v) is 2.77. The summed E-state index contributed by atoms with van der Waals surface area (Å²) in [6.45, 7) is 2.02. The SMILES string of the molecule is COc1ccc(N=C(N=c2ccccn2C)N2CCCCC2)cc1. The Morgan fingerprint density at radius 1 is 1.00 bits per heavy atom. The minimum absolute atomic E-state index is 0.779. The molecule has 0 atom stereocenters. The molecule has 1 saturated heterocycles. The number of rotatable bonds is 2. The lowest BCUT2D eigenvalue weighted by molar-refractivity contribution is 0.338. The molecule has 5 heteroatoms. The second-order valence-corrected chi connectivity index (χ2v) is 5.94. The third-order valence-electron chi connectivity index (χ3n) is 4.18. The van der Waals surface area contributed by atoms with Crippen molar-refractivity contribution in [3.05, 3.63) is 54.1 Å². The molecule has 1 aromatic carbocycles. The van der Waals surface area contributed by atoms with Crippen LogP contribution in [-0.2, 0) is 7.05 Å². The molecule has 0 amide bonds. The van der Waals surface area contributed by atoms with Crippen molar-refractivity contribution < 1.29 is 4.74 Å². The van der Waals surface area contributed by atoms with Gasteiger partial charge in [-0.3, -0.25) is 0 Å². The van der Waals surface area contributed by atoms with E-state index >= 15 is 0 Å². The van der Waals surface area contributed by atoms with E-state index in [9.17, 15) is 0 Å². The number of piperidine rings is 1. The smallest absolute Gasteiger partial charge is 0.227 e. The molecule has 1 aliphatic rings. The van der Waals surface area contributed by atoms with Crippen molar-refractivity contribution in [3.63, 3.8) is 0 Å². The van der Waals surface area contributed by atoms with Crippen LogP contribution < -0.4 is 10.2 Å². The van der Waals surface area contributed by atoms with Gasteiger partial charge in [0.1, 0.15) is 11.2 Å². The molecule has 0 aliphatic carbocycles. The first-order valence-corrected chi connectivity index (χ1v) is 8.40. The van der Waals surface area contributed by atoms with Gasteiger partial charge in [-0.2, -0.15) is 4.99 Å². The van der Waals surface area contributed by atoms with Gasteiger partial charge in [0, 0.05) is 26.3 Å². The number of aromatic nitrogens is 1. The van der Waals surface area contributed by atoms with Crippen LogP contribution in [0.3, 0.4) is 0 Å². The molecule has 3 rings (SSSR count). The molecule has 0 spiro atoms. The monoisotopic (exact) mass is 324 g/mol. The maximum absolute atomic E-state index is 5.22. The van der Waals surface area contributed by atoms with E-state index in [4.69, 9.17) is 14.7 Å². The van der Waals surface area contributed by atoms with Gasteiger partial charge in [0.15, 0.2) is 0 Å². The summed E-state index contributed by atoms with van der Waals surface area (Å²) in [5.41, 5.74) is 1.79. The van der Waals surface area contributed by atoms with Crippen LogP contribution in [-0.4, -0.2) is 35.6 Å². The average molecular weight is 324 g/mol. The highest BCUT2D eigenvalue weighted by atomic mass is 16.5. The molecule has 0 unspecified atom stereocenters. The minimum atomic E-state index is 0.779. The van der Waals surface area contributed by atoms with E-state index < -0.39 is 0 Å². The molecule has 126 valence electrons. The molecule has 2 heterocycles. The van der Waals surface area contributed by atoms with Gasteiger partial charge in [0.05, 0.1) is 12.8 Å². The highest BCUT2D eigenvalue weighted by Crippen LogP contribution is 2.19. The molecule has 24 heavy (non-hydrogen) atoms. The zero-order valence-corrected chi connectivity index (χ0v) is 14.4. The molecule has 0 N–H and O–H groups in total. The molecule has 1 aliphatic heterocycles. The Morgan fingerprint density at radius 2 is 1.75 bits per heavy atom. The first kappa shape index (κ1) is 16.3. The largest absolute Gasteiger partial charge is 0.497 e. The van der Waals surface area contributed by atoms with Gasteiger partial charge in [0.2, 0.25) is 5.96 Å². The lowest BCUT2D eigenvalue weighted by atomic mass is 10.1. The molecule has 0 radical (unpaired) electrons. The van der Waals surface area contributed by atoms with E-state index in [1.807, 2.05) is 60.3 Å². The first-order valence-electron chi connectivity index (χ1n) is 8.40. The van der Waals surface area contributed by atoms with Crippen LogP contribution in [0.25, 0.3) is 0 Å². The number of guanidine groups is 1. The number of hydrogen-bond acceptors (Lipinski definition) is 2. The summed E-state index contributed by atoms with van der Waals surface area (Å²) in [7, 11) is 3.67. The molecular formula is C19H24N4O. The van der Waals surface area contributed by atoms with Gasteiger partial charge in [-0.25, -0.2) is 4.99 Å². The molecule has 1 fully saturated rings. The minimum Gasteiger partial charge on any atom is -0.497 e. The lowest BCUT2D eigenvalue weighted by Gasteiger charge is -2.27. The summed E-state index contributed by atoms with van der Waals surface area (Å²) >= 11 is 0. The zero-order chi connectivity index (χ0) is 16.8. The molecular weight excluding hydrogens is 300 g/mol. The predicted molar refractivity (Wildman–Crippen MR) is 96.5 cm³/mol. The number of benzene rings is 1. The highest BCUT2D eigenvalue weighted by molar-refractivity contribution is 5.83. The summed E-state index contributed by atoms with van der Waals surface area (Å²) in [6, 6.07) is 13.8. The number of ether oxygens (including phenoxy) is 1. The number of pyridine rings is 1. The highest BCUT2D eigenvalue weighted by Gasteiger charge is 2.14. The Labute approximate surface area is 142 Å². The van der Waals surface area contributed by atoms with E-state index in [2.05, 4.69) is 4.90 Å². The number of methoxy groups -OCH3 is 1. The van der Waals surface area contributed by atoms with Crippen molar-refractivity contribution in [3.8, 4) is 5.75 Å². The number of aliphatic imine (C=N–C) groups is 1. The molecule has 1 aromatic heterocycles. The topological polar surface area (TPSA) is 42.1 Å². The third-order valence-corrected chi connectivity index (χ3v) is 4.18. The van der Waals surface area contributed by atoms with Crippen molar-refractivity contribution in [2.45, 2.75) is 19.3 Å². The number of hydrogen-bond donors (Lipinski definition) is 0. The van der Waals surface area contributed by atoms with Crippen LogP contribution in [0.5, 0.6) is 5.75 Å². The van der Waals surface area contributed by atoms with Gasteiger partial charge < -0.3 is 14.2 Å². The maximum Gasteiger partial charge on any atom is 0.227 e. The fourth-order valence-electron chi connectivity index (χ4n) is 2.77. The molecule has 2 aromatic rings. The van der Waals surface area contributed by atoms with E-state index in [1.54, 1.807) is 7.11 Å². The summed E-state index contributed by atoms with van der Waals surface area (Å²) < 4.78 is 7.22. The Kier molecular flexibility index (Phi) is 5.31. The van der Waals surface area contributed by atoms with Gasteiger partial charge in [0.25, 0.3) is 0 Å². The standard InChI is InChI=1S/C19H24N4O/c1-22-13-7-4-8-18(22)21-19(23-14-5-3-6-15-23)20-16-9-11-17(24-2)12-10-16/h4,7-13H,3,5-6,14-15H2,1-2H3. The Hall–Kier alpha value is -2.56. The van der Waals surface area contributed by atoms with Gasteiger partial charge >= 0.3 is 0 Å². The Balaban J connectivity index is 1.99. The van der Waals surface area contributed by atoms with Crippen molar-refractivity contribution in [1.29, 1.82) is 0 Å². The number of likely N-dealkylation sites (tertiary alicyclic amines) is 1. The van der Waals surface area contributed by atoms with Crippen molar-refractivity contribution in [1.82, 2.24) is 9.47 Å². The summed E-state index contributed by atoms with van der Waals surface area (Å²) in [4.78, 5) is 11.9. The van der Waals surface area contributed by atoms with Crippen molar-refractivity contribution in [2.75, 3.05) is 20.2 Å². The van der Waals surface area contributed by atoms with Crippen molar-refractivity contribution in [2.24, 2.45) is 17.0 Å². The van der Waals surface area contributed by atoms with Crippen LogP contribution in [0.1, 0.15) is 19.3 Å². The van der Waals surface area contributed by atoms with Crippen LogP contribution in [0, 0.1) is 0 Å². The average Bonchev–Trinajstić information content (AvgIpc) is 2.64. The molecule has 0 bridgehead atoms. The van der Waals surface area contributed by atoms with E-state index in [1.165, 1.54) is 19.3 Å². The van der Waals surface area contributed by atoms with Crippen LogP contribution in [0.4, 0.5) is 5.69 Å². The first-order chi connectivity index (χ1) is 11.8. The summed E-state index contributed by atoms with van der Waals surface area (Å²) in [5, 5.41) is 0. The third kappa shape index (κ3) is 4.04. The number of aryl methyl sites for hydroxylation is 1. The zero-order valence-electron chi connectivity index (χ0n) is 14.4. The quantitative estimate of drug-likeness (QED) is 0.629. The molecule has 0 saturated carbocycles. The maximum atomic E-state index is 5.22. The normalized spacial score (nSPS) is 16.3. The predicted octanol–water partition coefficient (Wildman–Crippen LogP) is 3.11. The second-order valence-electron chi connectivity index (χ2n) is 5.94. The molecule has 5 nitrogen and oxygen atoms in total. The Bertz CT molecular complexity index is 755. The van der Waals surface area contributed by atoms with Crippen LogP contribution >= 0.6 is 0 Å². The van der Waals surface area contributed by atoms with E-state index in [0.29, 0.717) is 0 Å². The van der Waals surface area contributed by atoms with Gasteiger partial charge in [-0.05, 0) is 55.7 Å². The summed E-state index contributed by atoms with van der Waals surface area (Å²) in [5.74, 6) is 1.61. The Morgan fingerprint density at radius 3 is 2.42 bits per heavy atom. The van der Waals surface area contributed by atoms with E-state index in [0.717, 1.165) is 36.0 Å². The van der Waals surface area contributed by atoms with Crippen molar-refractivity contribution >= 4 is 11.6 Å². The second kappa shape index (κ2) is 7.81. The summed E-state index contributed by atoms with van der Waals surface area (Å²) in [6.07, 6.45) is 5.67. The van der Waals surface area contributed by atoms with Crippen LogP contribution in [0.15, 0.2) is 58.6 Å².